The Labute approximate surface area is 149 Å². The van der Waals surface area contributed by atoms with Gasteiger partial charge in [-0.15, -0.1) is 0 Å². The van der Waals surface area contributed by atoms with E-state index >= 15 is 0 Å². The lowest BCUT2D eigenvalue weighted by Gasteiger charge is -2.34. The standard InChI is InChI=1S/C20H27N3O2/c1-14(18-21-19(22-25-18)20(2,3)4)23-12-10-16(11-13-23)17(24)15-8-6-5-7-9-15/h5-9,14,16H,10-13H2,1-4H3/t14-/m0/s1. The van der Waals surface area contributed by atoms with Gasteiger partial charge in [0.1, 0.15) is 0 Å². The van der Waals surface area contributed by atoms with Gasteiger partial charge in [0.05, 0.1) is 6.04 Å². The molecule has 3 rings (SSSR count). The molecule has 1 saturated heterocycles. The summed E-state index contributed by atoms with van der Waals surface area (Å²) in [6.45, 7) is 10.1. The van der Waals surface area contributed by atoms with E-state index in [1.165, 1.54) is 0 Å². The fraction of sp³-hybridized carbons (Fsp3) is 0.550. The summed E-state index contributed by atoms with van der Waals surface area (Å²) < 4.78 is 5.48. The smallest absolute Gasteiger partial charge is 0.243 e. The summed E-state index contributed by atoms with van der Waals surface area (Å²) in [4.78, 5) is 19.5. The Kier molecular flexibility index (Phi) is 5.04. The number of hydrogen-bond acceptors (Lipinski definition) is 5. The number of hydrogen-bond donors (Lipinski definition) is 0. The van der Waals surface area contributed by atoms with Gasteiger partial charge in [0.25, 0.3) is 0 Å². The van der Waals surface area contributed by atoms with E-state index in [9.17, 15) is 4.79 Å². The third-order valence-corrected chi connectivity index (χ3v) is 4.98. The quantitative estimate of drug-likeness (QED) is 0.786. The Morgan fingerprint density at radius 3 is 2.40 bits per heavy atom. The van der Waals surface area contributed by atoms with Crippen molar-refractivity contribution < 1.29 is 9.32 Å². The van der Waals surface area contributed by atoms with E-state index in [-0.39, 0.29) is 23.2 Å². The van der Waals surface area contributed by atoms with E-state index < -0.39 is 0 Å². The van der Waals surface area contributed by atoms with E-state index in [0.29, 0.717) is 5.89 Å². The predicted octanol–water partition coefficient (Wildman–Crippen LogP) is 4.02. The molecule has 0 radical (unpaired) electrons. The van der Waals surface area contributed by atoms with Crippen molar-refractivity contribution >= 4 is 5.78 Å². The second-order valence-electron chi connectivity index (χ2n) is 7.92. The van der Waals surface area contributed by atoms with Crippen molar-refractivity contribution in [3.8, 4) is 0 Å². The summed E-state index contributed by atoms with van der Waals surface area (Å²) in [5.74, 6) is 1.78. The highest BCUT2D eigenvalue weighted by Gasteiger charge is 2.31. The molecule has 1 aliphatic rings. The number of nitrogens with zero attached hydrogens (tertiary/aromatic N) is 3. The first-order chi connectivity index (χ1) is 11.9. The fourth-order valence-electron chi connectivity index (χ4n) is 3.25. The van der Waals surface area contributed by atoms with Crippen LogP contribution in [0.15, 0.2) is 34.9 Å². The Morgan fingerprint density at radius 2 is 1.84 bits per heavy atom. The molecule has 2 aromatic rings. The zero-order chi connectivity index (χ0) is 18.0. The van der Waals surface area contributed by atoms with Crippen LogP contribution in [0.5, 0.6) is 0 Å². The first kappa shape index (κ1) is 17.8. The van der Waals surface area contributed by atoms with E-state index in [1.807, 2.05) is 30.3 Å². The van der Waals surface area contributed by atoms with Crippen molar-refractivity contribution in [3.63, 3.8) is 0 Å². The minimum Gasteiger partial charge on any atom is -0.338 e. The first-order valence-corrected chi connectivity index (χ1v) is 9.03. The molecule has 5 heteroatoms. The van der Waals surface area contributed by atoms with Crippen LogP contribution in [0, 0.1) is 5.92 Å². The summed E-state index contributed by atoms with van der Waals surface area (Å²) in [5, 5.41) is 4.12. The molecule has 2 heterocycles. The SMILES string of the molecule is C[C@@H](c1nc(C(C)(C)C)no1)N1CCC(C(=O)c2ccccc2)CC1. The third kappa shape index (κ3) is 3.98. The zero-order valence-electron chi connectivity index (χ0n) is 15.5. The molecule has 0 saturated carbocycles. The van der Waals surface area contributed by atoms with Crippen molar-refractivity contribution in [1.29, 1.82) is 0 Å². The van der Waals surface area contributed by atoms with Gasteiger partial charge in [-0.1, -0.05) is 56.3 Å². The van der Waals surface area contributed by atoms with E-state index in [2.05, 4.69) is 42.7 Å². The van der Waals surface area contributed by atoms with Crippen LogP contribution >= 0.6 is 0 Å². The largest absolute Gasteiger partial charge is 0.338 e. The first-order valence-electron chi connectivity index (χ1n) is 9.03. The highest BCUT2D eigenvalue weighted by molar-refractivity contribution is 5.97. The highest BCUT2D eigenvalue weighted by atomic mass is 16.5. The number of carbonyl (C=O) groups excluding carboxylic acids is 1. The molecule has 5 nitrogen and oxygen atoms in total. The minimum atomic E-state index is -0.115. The number of likely N-dealkylation sites (tertiary alicyclic amines) is 1. The van der Waals surface area contributed by atoms with Crippen LogP contribution in [0.3, 0.4) is 0 Å². The fourth-order valence-corrected chi connectivity index (χ4v) is 3.25. The topological polar surface area (TPSA) is 59.2 Å². The van der Waals surface area contributed by atoms with Gasteiger partial charge in [0.2, 0.25) is 5.89 Å². The Bertz CT molecular complexity index is 710. The van der Waals surface area contributed by atoms with Crippen LogP contribution in [-0.4, -0.2) is 33.9 Å². The number of benzene rings is 1. The molecule has 1 aromatic carbocycles. The van der Waals surface area contributed by atoms with Crippen molar-refractivity contribution in [1.82, 2.24) is 15.0 Å². The number of rotatable bonds is 4. The number of ketones is 1. The van der Waals surface area contributed by atoms with Crippen LogP contribution in [0.4, 0.5) is 0 Å². The number of aromatic nitrogens is 2. The number of Topliss-reactive ketones (excluding diaryl/α,β-unsaturated/α-hetero) is 1. The van der Waals surface area contributed by atoms with Gasteiger partial charge in [-0.2, -0.15) is 4.98 Å². The molecule has 134 valence electrons. The van der Waals surface area contributed by atoms with Gasteiger partial charge < -0.3 is 4.52 Å². The molecule has 25 heavy (non-hydrogen) atoms. The number of carbonyl (C=O) groups is 1. The molecule has 0 amide bonds. The predicted molar refractivity (Wildman–Crippen MR) is 96.5 cm³/mol. The second-order valence-corrected chi connectivity index (χ2v) is 7.92. The van der Waals surface area contributed by atoms with E-state index in [4.69, 9.17) is 4.52 Å². The third-order valence-electron chi connectivity index (χ3n) is 4.98. The van der Waals surface area contributed by atoms with E-state index in [1.54, 1.807) is 0 Å². The summed E-state index contributed by atoms with van der Waals surface area (Å²) in [7, 11) is 0. The Hall–Kier alpha value is -2.01. The molecule has 0 spiro atoms. The molecule has 1 aromatic heterocycles. The lowest BCUT2D eigenvalue weighted by atomic mass is 9.88. The summed E-state index contributed by atoms with van der Waals surface area (Å²) in [6.07, 6.45) is 1.75. The highest BCUT2D eigenvalue weighted by Crippen LogP contribution is 2.29. The molecule has 0 bridgehead atoms. The summed E-state index contributed by atoms with van der Waals surface area (Å²) in [6, 6.07) is 9.68. The van der Waals surface area contributed by atoms with Crippen LogP contribution in [0.25, 0.3) is 0 Å². The van der Waals surface area contributed by atoms with Gasteiger partial charge in [0, 0.05) is 16.9 Å². The normalized spacial score (nSPS) is 18.2. The maximum Gasteiger partial charge on any atom is 0.243 e. The van der Waals surface area contributed by atoms with Crippen LogP contribution in [0.1, 0.15) is 68.7 Å². The van der Waals surface area contributed by atoms with Crippen LogP contribution in [0.2, 0.25) is 0 Å². The molecule has 0 N–H and O–H groups in total. The maximum absolute atomic E-state index is 12.6. The van der Waals surface area contributed by atoms with Crippen molar-refractivity contribution in [2.75, 3.05) is 13.1 Å². The van der Waals surface area contributed by atoms with Gasteiger partial charge >= 0.3 is 0 Å². The zero-order valence-corrected chi connectivity index (χ0v) is 15.5. The van der Waals surface area contributed by atoms with Gasteiger partial charge in [-0.05, 0) is 32.9 Å². The molecular formula is C20H27N3O2. The Balaban J connectivity index is 1.60. The van der Waals surface area contributed by atoms with E-state index in [0.717, 1.165) is 37.3 Å². The molecule has 1 aliphatic heterocycles. The van der Waals surface area contributed by atoms with Gasteiger partial charge in [0.15, 0.2) is 11.6 Å². The van der Waals surface area contributed by atoms with Crippen LogP contribution in [-0.2, 0) is 5.41 Å². The summed E-state index contributed by atoms with van der Waals surface area (Å²) >= 11 is 0. The monoisotopic (exact) mass is 341 g/mol. The van der Waals surface area contributed by atoms with Crippen molar-refractivity contribution in [2.24, 2.45) is 5.92 Å². The minimum absolute atomic E-state index is 0.0800. The molecule has 1 fully saturated rings. The molecule has 0 aliphatic carbocycles. The average Bonchev–Trinajstić information content (AvgIpc) is 3.12. The lowest BCUT2D eigenvalue weighted by molar-refractivity contribution is 0.0774. The lowest BCUT2D eigenvalue weighted by Crippen LogP contribution is -2.38. The molecule has 0 unspecified atom stereocenters. The Morgan fingerprint density at radius 1 is 1.20 bits per heavy atom. The summed E-state index contributed by atoms with van der Waals surface area (Å²) in [5.41, 5.74) is 0.706. The van der Waals surface area contributed by atoms with Crippen molar-refractivity contribution in [3.05, 3.63) is 47.6 Å². The average molecular weight is 341 g/mol. The van der Waals surface area contributed by atoms with Crippen molar-refractivity contribution in [2.45, 2.75) is 52.0 Å². The number of piperidine rings is 1. The van der Waals surface area contributed by atoms with Gasteiger partial charge in [-0.3, -0.25) is 9.69 Å². The molecule has 1 atom stereocenters. The van der Waals surface area contributed by atoms with Gasteiger partial charge in [-0.25, -0.2) is 0 Å². The second kappa shape index (κ2) is 7.08. The van der Waals surface area contributed by atoms with Crippen LogP contribution < -0.4 is 0 Å². The maximum atomic E-state index is 12.6. The molecular weight excluding hydrogens is 314 g/mol.